The summed E-state index contributed by atoms with van der Waals surface area (Å²) in [5.74, 6) is 1.08. The minimum atomic E-state index is 0.961. The highest BCUT2D eigenvalue weighted by molar-refractivity contribution is 9.09. The van der Waals surface area contributed by atoms with Gasteiger partial charge < -0.3 is 4.90 Å². The predicted molar refractivity (Wildman–Crippen MR) is 78.5 cm³/mol. The number of halogens is 1. The Morgan fingerprint density at radius 3 is 2.88 bits per heavy atom. The summed E-state index contributed by atoms with van der Waals surface area (Å²) < 4.78 is 1.21. The van der Waals surface area contributed by atoms with E-state index in [1.165, 1.54) is 10.3 Å². The van der Waals surface area contributed by atoms with Gasteiger partial charge in [-0.05, 0) is 24.3 Å². The first-order valence-corrected chi connectivity index (χ1v) is 7.77. The van der Waals surface area contributed by atoms with E-state index in [2.05, 4.69) is 50.0 Å². The van der Waals surface area contributed by atoms with Crippen molar-refractivity contribution in [3.05, 3.63) is 17.3 Å². The summed E-state index contributed by atoms with van der Waals surface area (Å²) in [6.45, 7) is 6.31. The SMILES string of the molecule is CCCN(CCBr)c1ncnc2c(C)csc12. The summed E-state index contributed by atoms with van der Waals surface area (Å²) in [6, 6.07) is 0. The van der Waals surface area contributed by atoms with Gasteiger partial charge in [0, 0.05) is 18.4 Å². The van der Waals surface area contributed by atoms with E-state index in [0.717, 1.165) is 36.2 Å². The lowest BCUT2D eigenvalue weighted by Crippen LogP contribution is -2.27. The molecule has 3 nitrogen and oxygen atoms in total. The minimum Gasteiger partial charge on any atom is -0.355 e. The second-order valence-corrected chi connectivity index (χ2v) is 5.64. The number of hydrogen-bond donors (Lipinski definition) is 0. The second kappa shape index (κ2) is 5.78. The number of thiophene rings is 1. The van der Waals surface area contributed by atoms with Gasteiger partial charge in [-0.1, -0.05) is 22.9 Å². The predicted octanol–water partition coefficient (Wildman–Crippen LogP) is 3.61. The molecule has 0 aromatic carbocycles. The molecule has 2 heterocycles. The van der Waals surface area contributed by atoms with E-state index in [1.54, 1.807) is 17.7 Å². The molecule has 2 rings (SSSR count). The number of fused-ring (bicyclic) bond motifs is 1. The van der Waals surface area contributed by atoms with E-state index in [4.69, 9.17) is 0 Å². The molecule has 0 aliphatic carbocycles. The molecule has 5 heteroatoms. The Labute approximate surface area is 114 Å². The third-order valence-electron chi connectivity index (χ3n) is 2.66. The Balaban J connectivity index is 2.44. The lowest BCUT2D eigenvalue weighted by Gasteiger charge is -2.22. The quantitative estimate of drug-likeness (QED) is 0.790. The molecular weight excluding hydrogens is 298 g/mol. The zero-order chi connectivity index (χ0) is 12.3. The smallest absolute Gasteiger partial charge is 0.150 e. The Hall–Kier alpha value is -0.680. The summed E-state index contributed by atoms with van der Waals surface area (Å²) in [5.41, 5.74) is 2.33. The number of nitrogens with zero attached hydrogens (tertiary/aromatic N) is 3. The minimum absolute atomic E-state index is 0.961. The molecule has 0 N–H and O–H groups in total. The summed E-state index contributed by atoms with van der Waals surface area (Å²) in [5, 5.41) is 3.12. The highest BCUT2D eigenvalue weighted by Crippen LogP contribution is 2.30. The van der Waals surface area contributed by atoms with Crippen LogP contribution in [-0.4, -0.2) is 28.4 Å². The molecule has 0 amide bonds. The molecule has 0 saturated heterocycles. The van der Waals surface area contributed by atoms with Crippen molar-refractivity contribution in [2.75, 3.05) is 23.3 Å². The number of rotatable bonds is 5. The van der Waals surface area contributed by atoms with Crippen molar-refractivity contribution in [1.82, 2.24) is 9.97 Å². The number of aromatic nitrogens is 2. The standard InChI is InChI=1S/C12H16BrN3S/c1-3-5-16(6-4-13)12-11-10(14-8-15-12)9(2)7-17-11/h7-8H,3-6H2,1-2H3. The van der Waals surface area contributed by atoms with E-state index in [-0.39, 0.29) is 0 Å². The Kier molecular flexibility index (Phi) is 4.34. The second-order valence-electron chi connectivity index (χ2n) is 3.97. The van der Waals surface area contributed by atoms with E-state index >= 15 is 0 Å². The van der Waals surface area contributed by atoms with Crippen molar-refractivity contribution in [3.8, 4) is 0 Å². The van der Waals surface area contributed by atoms with Crippen LogP contribution in [0.15, 0.2) is 11.7 Å². The highest BCUT2D eigenvalue weighted by atomic mass is 79.9. The molecular formula is C12H16BrN3S. The maximum absolute atomic E-state index is 4.46. The van der Waals surface area contributed by atoms with Gasteiger partial charge in [0.25, 0.3) is 0 Å². The summed E-state index contributed by atoms with van der Waals surface area (Å²) in [7, 11) is 0. The van der Waals surface area contributed by atoms with Crippen LogP contribution in [0.3, 0.4) is 0 Å². The van der Waals surface area contributed by atoms with Crippen molar-refractivity contribution >= 4 is 43.3 Å². The van der Waals surface area contributed by atoms with Crippen molar-refractivity contribution < 1.29 is 0 Å². The van der Waals surface area contributed by atoms with E-state index < -0.39 is 0 Å². The molecule has 0 atom stereocenters. The Morgan fingerprint density at radius 1 is 1.35 bits per heavy atom. The van der Waals surface area contributed by atoms with Crippen LogP contribution in [0.1, 0.15) is 18.9 Å². The van der Waals surface area contributed by atoms with Gasteiger partial charge in [0.1, 0.15) is 12.1 Å². The van der Waals surface area contributed by atoms with Crippen LogP contribution in [0.25, 0.3) is 10.2 Å². The lowest BCUT2D eigenvalue weighted by molar-refractivity contribution is 0.787. The van der Waals surface area contributed by atoms with Crippen molar-refractivity contribution in [2.45, 2.75) is 20.3 Å². The van der Waals surface area contributed by atoms with Crippen molar-refractivity contribution in [1.29, 1.82) is 0 Å². The fourth-order valence-electron chi connectivity index (χ4n) is 1.88. The van der Waals surface area contributed by atoms with Gasteiger partial charge in [-0.15, -0.1) is 11.3 Å². The summed E-state index contributed by atoms with van der Waals surface area (Å²) in [4.78, 5) is 11.2. The van der Waals surface area contributed by atoms with Crippen molar-refractivity contribution in [3.63, 3.8) is 0 Å². The van der Waals surface area contributed by atoms with Crippen LogP contribution in [-0.2, 0) is 0 Å². The fraction of sp³-hybridized carbons (Fsp3) is 0.500. The lowest BCUT2D eigenvalue weighted by atomic mass is 10.3. The highest BCUT2D eigenvalue weighted by Gasteiger charge is 2.13. The van der Waals surface area contributed by atoms with Crippen LogP contribution in [0, 0.1) is 6.92 Å². The Morgan fingerprint density at radius 2 is 2.18 bits per heavy atom. The molecule has 0 unspecified atom stereocenters. The molecule has 2 aromatic heterocycles. The average Bonchev–Trinajstić information content (AvgIpc) is 2.71. The average molecular weight is 314 g/mol. The van der Waals surface area contributed by atoms with E-state index in [9.17, 15) is 0 Å². The summed E-state index contributed by atoms with van der Waals surface area (Å²) in [6.07, 6.45) is 2.80. The molecule has 0 bridgehead atoms. The molecule has 0 radical (unpaired) electrons. The molecule has 0 fully saturated rings. The van der Waals surface area contributed by atoms with Gasteiger partial charge in [0.2, 0.25) is 0 Å². The van der Waals surface area contributed by atoms with Gasteiger partial charge >= 0.3 is 0 Å². The zero-order valence-corrected chi connectivity index (χ0v) is 12.5. The zero-order valence-electron chi connectivity index (χ0n) is 10.1. The van der Waals surface area contributed by atoms with Gasteiger partial charge in [-0.25, -0.2) is 9.97 Å². The first kappa shape index (κ1) is 12.8. The Bertz CT molecular complexity index is 491. The number of aryl methyl sites for hydroxylation is 1. The van der Waals surface area contributed by atoms with Gasteiger partial charge in [-0.3, -0.25) is 0 Å². The molecule has 2 aromatic rings. The van der Waals surface area contributed by atoms with Gasteiger partial charge in [0.05, 0.1) is 10.2 Å². The maximum atomic E-state index is 4.46. The maximum Gasteiger partial charge on any atom is 0.150 e. The van der Waals surface area contributed by atoms with E-state index in [0.29, 0.717) is 0 Å². The van der Waals surface area contributed by atoms with Crippen LogP contribution in [0.2, 0.25) is 0 Å². The summed E-state index contributed by atoms with van der Waals surface area (Å²) >= 11 is 5.24. The molecule has 17 heavy (non-hydrogen) atoms. The van der Waals surface area contributed by atoms with Crippen LogP contribution >= 0.6 is 27.3 Å². The van der Waals surface area contributed by atoms with Gasteiger partial charge in [0.15, 0.2) is 0 Å². The number of alkyl halides is 1. The van der Waals surface area contributed by atoms with E-state index in [1.807, 2.05) is 0 Å². The third-order valence-corrected chi connectivity index (χ3v) is 4.10. The van der Waals surface area contributed by atoms with Crippen LogP contribution < -0.4 is 4.90 Å². The third kappa shape index (κ3) is 2.60. The molecule has 0 aliphatic heterocycles. The molecule has 0 spiro atoms. The topological polar surface area (TPSA) is 29.0 Å². The monoisotopic (exact) mass is 313 g/mol. The molecule has 0 aliphatic rings. The number of anilines is 1. The first-order valence-electron chi connectivity index (χ1n) is 5.77. The first-order chi connectivity index (χ1) is 8.27. The molecule has 0 saturated carbocycles. The van der Waals surface area contributed by atoms with Crippen LogP contribution in [0.5, 0.6) is 0 Å². The van der Waals surface area contributed by atoms with Crippen molar-refractivity contribution in [2.24, 2.45) is 0 Å². The number of hydrogen-bond acceptors (Lipinski definition) is 4. The normalized spacial score (nSPS) is 11.0. The van der Waals surface area contributed by atoms with Crippen LogP contribution in [0.4, 0.5) is 5.82 Å². The molecule has 92 valence electrons. The fourth-order valence-corrected chi connectivity index (χ4v) is 3.32. The largest absolute Gasteiger partial charge is 0.355 e. The van der Waals surface area contributed by atoms with Gasteiger partial charge in [-0.2, -0.15) is 0 Å².